The maximum absolute atomic E-state index is 12.2. The van der Waals surface area contributed by atoms with Crippen molar-refractivity contribution in [1.82, 2.24) is 15.5 Å². The van der Waals surface area contributed by atoms with Gasteiger partial charge in [0.1, 0.15) is 6.10 Å². The fourth-order valence-electron chi connectivity index (χ4n) is 3.76. The minimum absolute atomic E-state index is 0. The van der Waals surface area contributed by atoms with Gasteiger partial charge in [-0.05, 0) is 50.3 Å². The Morgan fingerprint density at radius 1 is 1.25 bits per heavy atom. The average molecular weight is 559 g/mol. The molecule has 1 aromatic carbocycles. The van der Waals surface area contributed by atoms with Crippen molar-refractivity contribution in [3.05, 3.63) is 29.8 Å². The standard InChI is InChI=1S/C22H33N5O4.HI/c1-3-30-22(29)27-11-9-17(10-12-27)26-21(23-2)24-15-16-6-4-7-18(14-16)25-20(28)19-8-5-13-31-19;/h4,6-7,14,17,19H,3,5,8-13,15H2,1-2H3,(H,25,28)(H2,23,24,26);1H. The van der Waals surface area contributed by atoms with E-state index >= 15 is 0 Å². The van der Waals surface area contributed by atoms with E-state index in [1.54, 1.807) is 11.9 Å². The number of carbonyl (C=O) groups excluding carboxylic acids is 2. The van der Waals surface area contributed by atoms with Crippen LogP contribution in [0.25, 0.3) is 0 Å². The highest BCUT2D eigenvalue weighted by Gasteiger charge is 2.24. The second kappa shape index (κ2) is 13.5. The van der Waals surface area contributed by atoms with Gasteiger partial charge < -0.3 is 30.3 Å². The lowest BCUT2D eigenvalue weighted by atomic mass is 10.1. The fourth-order valence-corrected chi connectivity index (χ4v) is 3.76. The van der Waals surface area contributed by atoms with Crippen LogP contribution in [0, 0.1) is 0 Å². The number of amides is 2. The number of anilines is 1. The summed E-state index contributed by atoms with van der Waals surface area (Å²) in [5.74, 6) is 0.623. The van der Waals surface area contributed by atoms with Crippen molar-refractivity contribution in [3.63, 3.8) is 0 Å². The van der Waals surface area contributed by atoms with Crippen molar-refractivity contribution in [2.45, 2.75) is 51.3 Å². The molecule has 0 aliphatic carbocycles. The zero-order chi connectivity index (χ0) is 22.1. The number of hydrogen-bond donors (Lipinski definition) is 3. The molecule has 0 saturated carbocycles. The predicted octanol–water partition coefficient (Wildman–Crippen LogP) is 2.71. The minimum Gasteiger partial charge on any atom is -0.450 e. The zero-order valence-electron chi connectivity index (χ0n) is 18.8. The molecule has 0 radical (unpaired) electrons. The highest BCUT2D eigenvalue weighted by atomic mass is 127. The first kappa shape index (κ1) is 26.2. The third-order valence-electron chi connectivity index (χ3n) is 5.46. The number of guanidine groups is 1. The first-order chi connectivity index (χ1) is 15.1. The highest BCUT2D eigenvalue weighted by molar-refractivity contribution is 14.0. The number of aliphatic imine (C=N–C) groups is 1. The van der Waals surface area contributed by atoms with Crippen LogP contribution in [0.5, 0.6) is 0 Å². The van der Waals surface area contributed by atoms with E-state index in [9.17, 15) is 9.59 Å². The molecule has 3 rings (SSSR count). The Morgan fingerprint density at radius 3 is 2.69 bits per heavy atom. The number of rotatable bonds is 6. The van der Waals surface area contributed by atoms with Crippen LogP contribution in [0.2, 0.25) is 0 Å². The summed E-state index contributed by atoms with van der Waals surface area (Å²) in [6.45, 7) is 4.77. The van der Waals surface area contributed by atoms with Gasteiger partial charge in [-0.1, -0.05) is 12.1 Å². The zero-order valence-corrected chi connectivity index (χ0v) is 21.1. The Labute approximate surface area is 206 Å². The number of ether oxygens (including phenoxy) is 2. The fraction of sp³-hybridized carbons (Fsp3) is 0.591. The van der Waals surface area contributed by atoms with Crippen LogP contribution < -0.4 is 16.0 Å². The topological polar surface area (TPSA) is 104 Å². The summed E-state index contributed by atoms with van der Waals surface area (Å²) < 4.78 is 10.5. The number of carbonyl (C=O) groups is 2. The number of likely N-dealkylation sites (tertiary alicyclic amines) is 1. The first-order valence-electron chi connectivity index (χ1n) is 11.0. The van der Waals surface area contributed by atoms with Crippen LogP contribution in [-0.2, 0) is 20.8 Å². The van der Waals surface area contributed by atoms with Gasteiger partial charge in [-0.25, -0.2) is 4.79 Å². The normalized spacial score (nSPS) is 19.1. The van der Waals surface area contributed by atoms with E-state index in [4.69, 9.17) is 9.47 Å². The van der Waals surface area contributed by atoms with Crippen molar-refractivity contribution in [3.8, 4) is 0 Å². The molecule has 2 heterocycles. The Hall–Kier alpha value is -2.08. The summed E-state index contributed by atoms with van der Waals surface area (Å²) in [6, 6.07) is 7.99. The molecule has 3 N–H and O–H groups in total. The van der Waals surface area contributed by atoms with E-state index in [1.165, 1.54) is 0 Å². The van der Waals surface area contributed by atoms with E-state index < -0.39 is 0 Å². The summed E-state index contributed by atoms with van der Waals surface area (Å²) in [5, 5.41) is 9.68. The Balaban J connectivity index is 0.00000363. The van der Waals surface area contributed by atoms with Gasteiger partial charge in [0.2, 0.25) is 0 Å². The molecular weight excluding hydrogens is 525 g/mol. The molecule has 0 spiro atoms. The van der Waals surface area contributed by atoms with Gasteiger partial charge in [0.25, 0.3) is 5.91 Å². The van der Waals surface area contributed by atoms with E-state index in [-0.39, 0.29) is 48.1 Å². The largest absolute Gasteiger partial charge is 0.450 e. The van der Waals surface area contributed by atoms with E-state index in [2.05, 4.69) is 20.9 Å². The maximum atomic E-state index is 12.2. The van der Waals surface area contributed by atoms with Gasteiger partial charge in [-0.15, -0.1) is 24.0 Å². The summed E-state index contributed by atoms with van der Waals surface area (Å²) in [6.07, 6.45) is 2.79. The Bertz CT molecular complexity index is 777. The van der Waals surface area contributed by atoms with Crippen molar-refractivity contribution < 1.29 is 19.1 Å². The quantitative estimate of drug-likeness (QED) is 0.282. The van der Waals surface area contributed by atoms with Crippen molar-refractivity contribution in [1.29, 1.82) is 0 Å². The van der Waals surface area contributed by atoms with Gasteiger partial charge in [0.05, 0.1) is 6.61 Å². The molecule has 1 atom stereocenters. The van der Waals surface area contributed by atoms with Crippen molar-refractivity contribution >= 4 is 47.6 Å². The van der Waals surface area contributed by atoms with Crippen LogP contribution in [0.1, 0.15) is 38.2 Å². The van der Waals surface area contributed by atoms with E-state index in [0.29, 0.717) is 38.8 Å². The SMILES string of the molecule is CCOC(=O)N1CCC(NC(=NC)NCc2cccc(NC(=O)C3CCCO3)c2)CC1.I. The molecule has 1 unspecified atom stereocenters. The lowest BCUT2D eigenvalue weighted by Crippen LogP contribution is -2.49. The second-order valence-corrected chi connectivity index (χ2v) is 7.72. The summed E-state index contributed by atoms with van der Waals surface area (Å²) in [7, 11) is 1.74. The Kier molecular flexibility index (Phi) is 11.0. The minimum atomic E-state index is -0.347. The predicted molar refractivity (Wildman–Crippen MR) is 134 cm³/mol. The Morgan fingerprint density at radius 2 is 2.03 bits per heavy atom. The van der Waals surface area contributed by atoms with E-state index in [1.807, 2.05) is 31.2 Å². The first-order valence-corrected chi connectivity index (χ1v) is 11.0. The summed E-state index contributed by atoms with van der Waals surface area (Å²) in [5.41, 5.74) is 1.79. The molecule has 10 heteroatoms. The number of nitrogens with zero attached hydrogens (tertiary/aromatic N) is 2. The van der Waals surface area contributed by atoms with Gasteiger partial charge in [0, 0.05) is 45.0 Å². The number of hydrogen-bond acceptors (Lipinski definition) is 5. The van der Waals surface area contributed by atoms with Crippen LogP contribution >= 0.6 is 24.0 Å². The second-order valence-electron chi connectivity index (χ2n) is 7.72. The molecule has 2 fully saturated rings. The van der Waals surface area contributed by atoms with Crippen molar-refractivity contribution in [2.75, 3.05) is 38.7 Å². The number of nitrogens with one attached hydrogen (secondary N) is 3. The molecule has 9 nitrogen and oxygen atoms in total. The molecular formula is C22H34IN5O4. The molecule has 32 heavy (non-hydrogen) atoms. The van der Waals surface area contributed by atoms with Gasteiger partial charge in [-0.2, -0.15) is 0 Å². The van der Waals surface area contributed by atoms with E-state index in [0.717, 1.165) is 36.9 Å². The van der Waals surface area contributed by atoms with Crippen LogP contribution in [-0.4, -0.2) is 68.4 Å². The maximum Gasteiger partial charge on any atom is 0.409 e. The smallest absolute Gasteiger partial charge is 0.409 e. The highest BCUT2D eigenvalue weighted by Crippen LogP contribution is 2.16. The van der Waals surface area contributed by atoms with Crippen LogP contribution in [0.15, 0.2) is 29.3 Å². The molecule has 2 aliphatic rings. The molecule has 2 amide bonds. The molecule has 0 bridgehead atoms. The third-order valence-corrected chi connectivity index (χ3v) is 5.46. The average Bonchev–Trinajstić information content (AvgIpc) is 3.33. The molecule has 0 aromatic heterocycles. The third kappa shape index (κ3) is 7.80. The van der Waals surface area contributed by atoms with Crippen molar-refractivity contribution in [2.24, 2.45) is 4.99 Å². The number of piperidine rings is 1. The van der Waals surface area contributed by atoms with Crippen LogP contribution in [0.4, 0.5) is 10.5 Å². The molecule has 2 saturated heterocycles. The monoisotopic (exact) mass is 559 g/mol. The number of benzene rings is 1. The van der Waals surface area contributed by atoms with Gasteiger partial charge in [0.15, 0.2) is 5.96 Å². The molecule has 178 valence electrons. The number of halogens is 1. The summed E-state index contributed by atoms with van der Waals surface area (Å²) >= 11 is 0. The van der Waals surface area contributed by atoms with Crippen LogP contribution in [0.3, 0.4) is 0 Å². The molecule has 2 aliphatic heterocycles. The van der Waals surface area contributed by atoms with Gasteiger partial charge in [-0.3, -0.25) is 9.79 Å². The van der Waals surface area contributed by atoms with Gasteiger partial charge >= 0.3 is 6.09 Å². The summed E-state index contributed by atoms with van der Waals surface area (Å²) in [4.78, 5) is 30.1. The lowest BCUT2D eigenvalue weighted by Gasteiger charge is -2.32. The molecule has 1 aromatic rings. The lowest BCUT2D eigenvalue weighted by molar-refractivity contribution is -0.124.